The molecule has 1 unspecified atom stereocenters. The highest BCUT2D eigenvalue weighted by Gasteiger charge is 2.17. The lowest BCUT2D eigenvalue weighted by molar-refractivity contribution is 0.199. The van der Waals surface area contributed by atoms with Crippen molar-refractivity contribution in [1.29, 1.82) is 0 Å². The number of hydrogen-bond donors (Lipinski definition) is 1. The molecule has 0 fully saturated rings. The van der Waals surface area contributed by atoms with Crippen LogP contribution in [0.25, 0.3) is 11.4 Å². The Morgan fingerprint density at radius 2 is 2.08 bits per heavy atom. The summed E-state index contributed by atoms with van der Waals surface area (Å²) in [4.78, 5) is 4.16. The zero-order valence-electron chi connectivity index (χ0n) is 13.3. The number of rotatable bonds is 5. The molecule has 3 aromatic heterocycles. The quantitative estimate of drug-likeness (QED) is 0.722. The van der Waals surface area contributed by atoms with Crippen molar-refractivity contribution in [3.63, 3.8) is 0 Å². The van der Waals surface area contributed by atoms with Crippen LogP contribution in [0.3, 0.4) is 0 Å². The Labute approximate surface area is 147 Å². The zero-order chi connectivity index (χ0) is 17.3. The Morgan fingerprint density at radius 1 is 1.29 bits per heavy atom. The van der Waals surface area contributed by atoms with Crippen LogP contribution in [-0.2, 0) is 13.1 Å². The van der Waals surface area contributed by atoms with Crippen molar-refractivity contribution in [2.45, 2.75) is 33.0 Å². The van der Waals surface area contributed by atoms with E-state index in [1.165, 1.54) is 6.07 Å². The van der Waals surface area contributed by atoms with Gasteiger partial charge in [0, 0.05) is 23.9 Å². The Morgan fingerprint density at radius 3 is 2.75 bits per heavy atom. The second kappa shape index (κ2) is 6.82. The maximum absolute atomic E-state index is 13.5. The maximum atomic E-state index is 13.5. The molecule has 8 heteroatoms. The van der Waals surface area contributed by atoms with Crippen LogP contribution >= 0.6 is 15.9 Å². The Balaban J connectivity index is 2.01. The molecule has 0 saturated carbocycles. The first-order valence-corrected chi connectivity index (χ1v) is 8.36. The SMILES string of the molecule is CCn1ncc(Cn2nccc2-c2ncc(F)cc2C(C)O)c1Br. The number of pyridine rings is 1. The van der Waals surface area contributed by atoms with Crippen LogP contribution in [0.2, 0.25) is 0 Å². The van der Waals surface area contributed by atoms with Gasteiger partial charge in [0.2, 0.25) is 0 Å². The third kappa shape index (κ3) is 3.11. The predicted molar refractivity (Wildman–Crippen MR) is 90.8 cm³/mol. The molecule has 0 aliphatic heterocycles. The van der Waals surface area contributed by atoms with Gasteiger partial charge in [0.05, 0.1) is 36.4 Å². The normalized spacial score (nSPS) is 12.5. The summed E-state index contributed by atoms with van der Waals surface area (Å²) >= 11 is 3.54. The predicted octanol–water partition coefficient (Wildman–Crippen LogP) is 3.16. The Bertz CT molecular complexity index is 858. The van der Waals surface area contributed by atoms with Gasteiger partial charge in [0.25, 0.3) is 0 Å². The standard InChI is InChI=1S/C16H17BrFN5O/c1-3-22-16(17)11(7-21-22)9-23-14(4-5-20-23)15-13(10(2)24)6-12(18)8-19-15/h4-8,10,24H,3,9H2,1-2H3. The van der Waals surface area contributed by atoms with E-state index in [1.54, 1.807) is 30.1 Å². The smallest absolute Gasteiger partial charge is 0.141 e. The van der Waals surface area contributed by atoms with Crippen LogP contribution in [0, 0.1) is 5.82 Å². The molecule has 1 N–H and O–H groups in total. The van der Waals surface area contributed by atoms with Crippen LogP contribution in [0.5, 0.6) is 0 Å². The average Bonchev–Trinajstić information content (AvgIpc) is 3.15. The van der Waals surface area contributed by atoms with Gasteiger partial charge in [-0.3, -0.25) is 14.3 Å². The van der Waals surface area contributed by atoms with Crippen molar-refractivity contribution in [2.24, 2.45) is 0 Å². The van der Waals surface area contributed by atoms with E-state index < -0.39 is 11.9 Å². The van der Waals surface area contributed by atoms with E-state index in [4.69, 9.17) is 0 Å². The molecule has 0 radical (unpaired) electrons. The number of aliphatic hydroxyl groups excluding tert-OH is 1. The summed E-state index contributed by atoms with van der Waals surface area (Å²) < 4.78 is 18.0. The molecule has 3 rings (SSSR count). The Kier molecular flexibility index (Phi) is 4.77. The molecule has 0 aromatic carbocycles. The largest absolute Gasteiger partial charge is 0.389 e. The lowest BCUT2D eigenvalue weighted by Crippen LogP contribution is -2.07. The van der Waals surface area contributed by atoms with E-state index in [0.29, 0.717) is 23.5 Å². The second-order valence-corrected chi connectivity index (χ2v) is 6.17. The highest BCUT2D eigenvalue weighted by molar-refractivity contribution is 9.10. The molecule has 0 aliphatic rings. The van der Waals surface area contributed by atoms with Gasteiger partial charge in [-0.05, 0) is 41.9 Å². The summed E-state index contributed by atoms with van der Waals surface area (Å²) in [5.74, 6) is -0.479. The fourth-order valence-corrected chi connectivity index (χ4v) is 3.11. The number of hydrogen-bond acceptors (Lipinski definition) is 4. The van der Waals surface area contributed by atoms with E-state index in [9.17, 15) is 9.50 Å². The topological polar surface area (TPSA) is 68.8 Å². The van der Waals surface area contributed by atoms with Crippen molar-refractivity contribution in [3.05, 3.63) is 52.3 Å². The average molecular weight is 394 g/mol. The number of halogens is 2. The summed E-state index contributed by atoms with van der Waals surface area (Å²) in [6, 6.07) is 3.10. The number of aryl methyl sites for hydroxylation is 1. The Hall–Kier alpha value is -2.06. The van der Waals surface area contributed by atoms with Gasteiger partial charge >= 0.3 is 0 Å². The molecule has 0 bridgehead atoms. The highest BCUT2D eigenvalue weighted by Crippen LogP contribution is 2.28. The minimum absolute atomic E-state index is 0.431. The number of nitrogens with zero attached hydrogens (tertiary/aromatic N) is 5. The van der Waals surface area contributed by atoms with Crippen molar-refractivity contribution in [1.82, 2.24) is 24.5 Å². The molecular weight excluding hydrogens is 377 g/mol. The van der Waals surface area contributed by atoms with Gasteiger partial charge in [-0.1, -0.05) is 0 Å². The lowest BCUT2D eigenvalue weighted by Gasteiger charge is -2.13. The lowest BCUT2D eigenvalue weighted by atomic mass is 10.1. The van der Waals surface area contributed by atoms with Crippen LogP contribution in [0.15, 0.2) is 35.3 Å². The monoisotopic (exact) mass is 393 g/mol. The molecule has 3 aromatic rings. The first kappa shape index (κ1) is 16.8. The molecule has 0 spiro atoms. The van der Waals surface area contributed by atoms with E-state index >= 15 is 0 Å². The first-order chi connectivity index (χ1) is 11.5. The van der Waals surface area contributed by atoms with E-state index in [0.717, 1.165) is 22.9 Å². The van der Waals surface area contributed by atoms with Gasteiger partial charge in [-0.15, -0.1) is 0 Å². The zero-order valence-corrected chi connectivity index (χ0v) is 14.9. The molecule has 3 heterocycles. The summed E-state index contributed by atoms with van der Waals surface area (Å²) in [6.45, 7) is 4.85. The van der Waals surface area contributed by atoms with Crippen molar-refractivity contribution >= 4 is 15.9 Å². The van der Waals surface area contributed by atoms with Gasteiger partial charge in [-0.25, -0.2) is 4.39 Å². The van der Waals surface area contributed by atoms with Crippen molar-refractivity contribution in [2.75, 3.05) is 0 Å². The third-order valence-corrected chi connectivity index (χ3v) is 4.68. The van der Waals surface area contributed by atoms with Gasteiger partial charge in [0.15, 0.2) is 0 Å². The van der Waals surface area contributed by atoms with Crippen molar-refractivity contribution in [3.8, 4) is 11.4 Å². The van der Waals surface area contributed by atoms with Crippen LogP contribution in [0.4, 0.5) is 4.39 Å². The minimum atomic E-state index is -0.832. The van der Waals surface area contributed by atoms with Crippen LogP contribution in [0.1, 0.15) is 31.1 Å². The van der Waals surface area contributed by atoms with Crippen LogP contribution in [-0.4, -0.2) is 29.7 Å². The molecule has 24 heavy (non-hydrogen) atoms. The second-order valence-electron chi connectivity index (χ2n) is 5.42. The van der Waals surface area contributed by atoms with Crippen molar-refractivity contribution < 1.29 is 9.50 Å². The first-order valence-electron chi connectivity index (χ1n) is 7.57. The third-order valence-electron chi connectivity index (χ3n) is 3.76. The summed E-state index contributed by atoms with van der Waals surface area (Å²) in [5, 5.41) is 18.6. The van der Waals surface area contributed by atoms with Gasteiger partial charge < -0.3 is 5.11 Å². The number of aliphatic hydroxyl groups is 1. The summed E-state index contributed by atoms with van der Waals surface area (Å²) in [6.07, 6.45) is 3.75. The number of aromatic nitrogens is 5. The molecule has 1 atom stereocenters. The maximum Gasteiger partial charge on any atom is 0.141 e. The molecule has 0 saturated heterocycles. The minimum Gasteiger partial charge on any atom is -0.389 e. The van der Waals surface area contributed by atoms with Gasteiger partial charge in [0.1, 0.15) is 10.4 Å². The fraction of sp³-hybridized carbons (Fsp3) is 0.312. The van der Waals surface area contributed by atoms with Crippen LogP contribution < -0.4 is 0 Å². The summed E-state index contributed by atoms with van der Waals surface area (Å²) in [7, 11) is 0. The molecule has 126 valence electrons. The summed E-state index contributed by atoms with van der Waals surface area (Å²) in [5.41, 5.74) is 2.63. The van der Waals surface area contributed by atoms with E-state index in [1.807, 2.05) is 11.6 Å². The van der Waals surface area contributed by atoms with E-state index in [2.05, 4.69) is 31.1 Å². The van der Waals surface area contributed by atoms with E-state index in [-0.39, 0.29) is 0 Å². The molecule has 0 amide bonds. The highest BCUT2D eigenvalue weighted by atomic mass is 79.9. The molecular formula is C16H17BrFN5O. The molecule has 0 aliphatic carbocycles. The molecule has 6 nitrogen and oxygen atoms in total. The fourth-order valence-electron chi connectivity index (χ4n) is 2.54. The van der Waals surface area contributed by atoms with Gasteiger partial charge in [-0.2, -0.15) is 10.2 Å².